The van der Waals surface area contributed by atoms with Crippen molar-refractivity contribution in [3.05, 3.63) is 24.3 Å². The van der Waals surface area contributed by atoms with Crippen LogP contribution < -0.4 is 4.90 Å². The van der Waals surface area contributed by atoms with Crippen LogP contribution in [-0.4, -0.2) is 37.8 Å². The zero-order valence-electron chi connectivity index (χ0n) is 11.7. The second-order valence-corrected chi connectivity index (χ2v) is 7.47. The molecule has 1 aliphatic rings. The summed E-state index contributed by atoms with van der Waals surface area (Å²) >= 11 is 0. The Hall–Kier alpha value is -1.56. The maximum absolute atomic E-state index is 11.5. The fourth-order valence-corrected chi connectivity index (χ4v) is 3.26. The Morgan fingerprint density at radius 3 is 2.35 bits per heavy atom. The molecule has 1 saturated heterocycles. The Labute approximate surface area is 119 Å². The van der Waals surface area contributed by atoms with Crippen molar-refractivity contribution >= 4 is 21.5 Å². The Kier molecular flexibility index (Phi) is 3.77. The summed E-state index contributed by atoms with van der Waals surface area (Å²) in [6.45, 7) is 2.39. The number of sulfone groups is 1. The molecule has 1 fully saturated rings. The lowest BCUT2D eigenvalue weighted by molar-refractivity contribution is -0.143. The first-order valence-corrected chi connectivity index (χ1v) is 8.45. The summed E-state index contributed by atoms with van der Waals surface area (Å²) in [5.74, 6) is -0.843. The van der Waals surface area contributed by atoms with E-state index < -0.39 is 21.3 Å². The number of aliphatic carboxylic acids is 1. The van der Waals surface area contributed by atoms with Crippen LogP contribution in [0.4, 0.5) is 5.69 Å². The minimum Gasteiger partial charge on any atom is -0.480 e. The third kappa shape index (κ3) is 2.65. The average Bonchev–Trinajstić information content (AvgIpc) is 2.38. The van der Waals surface area contributed by atoms with Gasteiger partial charge in [0.15, 0.2) is 9.84 Å². The largest absolute Gasteiger partial charge is 0.480 e. The van der Waals surface area contributed by atoms with Gasteiger partial charge in [-0.3, -0.25) is 0 Å². The van der Waals surface area contributed by atoms with E-state index in [4.69, 9.17) is 0 Å². The molecule has 5 nitrogen and oxygen atoms in total. The van der Waals surface area contributed by atoms with Crippen molar-refractivity contribution < 1.29 is 18.3 Å². The quantitative estimate of drug-likeness (QED) is 0.922. The highest BCUT2D eigenvalue weighted by molar-refractivity contribution is 7.90. The van der Waals surface area contributed by atoms with Crippen LogP contribution in [0.3, 0.4) is 0 Å². The molecule has 0 aromatic heterocycles. The first kappa shape index (κ1) is 14.8. The van der Waals surface area contributed by atoms with Crippen LogP contribution in [0.1, 0.15) is 26.2 Å². The highest BCUT2D eigenvalue weighted by Gasteiger charge is 2.41. The average molecular weight is 297 g/mol. The number of carbonyl (C=O) groups is 1. The van der Waals surface area contributed by atoms with Crippen molar-refractivity contribution in [3.63, 3.8) is 0 Å². The molecule has 20 heavy (non-hydrogen) atoms. The summed E-state index contributed by atoms with van der Waals surface area (Å²) < 4.78 is 22.9. The molecule has 1 N–H and O–H groups in total. The van der Waals surface area contributed by atoms with Crippen molar-refractivity contribution in [2.75, 3.05) is 17.7 Å². The molecule has 1 aromatic carbocycles. The topological polar surface area (TPSA) is 74.7 Å². The van der Waals surface area contributed by atoms with E-state index >= 15 is 0 Å². The highest BCUT2D eigenvalue weighted by Crippen LogP contribution is 2.33. The van der Waals surface area contributed by atoms with E-state index in [9.17, 15) is 18.3 Å². The molecule has 1 aromatic rings. The third-order valence-electron chi connectivity index (χ3n) is 3.93. The second-order valence-electron chi connectivity index (χ2n) is 5.45. The van der Waals surface area contributed by atoms with E-state index in [1.807, 2.05) is 4.90 Å². The number of anilines is 1. The Morgan fingerprint density at radius 1 is 1.25 bits per heavy atom. The van der Waals surface area contributed by atoms with Gasteiger partial charge in [-0.05, 0) is 50.5 Å². The van der Waals surface area contributed by atoms with Gasteiger partial charge in [0.25, 0.3) is 0 Å². The van der Waals surface area contributed by atoms with Crippen LogP contribution in [0.2, 0.25) is 0 Å². The van der Waals surface area contributed by atoms with E-state index in [1.54, 1.807) is 19.1 Å². The summed E-state index contributed by atoms with van der Waals surface area (Å²) in [6, 6.07) is 6.43. The van der Waals surface area contributed by atoms with Gasteiger partial charge in [-0.15, -0.1) is 0 Å². The van der Waals surface area contributed by atoms with Gasteiger partial charge in [0.05, 0.1) is 4.90 Å². The SMILES string of the molecule is CC1(C(=O)O)CCCCN1c1ccc(S(C)(=O)=O)cc1. The lowest BCUT2D eigenvalue weighted by Gasteiger charge is -2.43. The first-order chi connectivity index (χ1) is 9.25. The number of hydrogen-bond acceptors (Lipinski definition) is 4. The van der Waals surface area contributed by atoms with Crippen LogP contribution in [0.25, 0.3) is 0 Å². The molecule has 0 saturated carbocycles. The Balaban J connectivity index is 2.37. The molecule has 0 radical (unpaired) electrons. The number of hydrogen-bond donors (Lipinski definition) is 1. The molecule has 0 bridgehead atoms. The lowest BCUT2D eigenvalue weighted by atomic mass is 9.88. The molecular formula is C14H19NO4S. The standard InChI is InChI=1S/C14H19NO4S/c1-14(13(16)17)9-3-4-10-15(14)11-5-7-12(8-6-11)20(2,18)19/h5-8H,3-4,9-10H2,1-2H3,(H,16,17). The van der Waals surface area contributed by atoms with E-state index in [0.29, 0.717) is 13.0 Å². The summed E-state index contributed by atoms with van der Waals surface area (Å²) in [6.07, 6.45) is 3.58. The number of nitrogens with zero attached hydrogens (tertiary/aromatic N) is 1. The molecule has 1 unspecified atom stereocenters. The van der Waals surface area contributed by atoms with Crippen LogP contribution >= 0.6 is 0 Å². The monoisotopic (exact) mass is 297 g/mol. The number of benzene rings is 1. The third-order valence-corrected chi connectivity index (χ3v) is 5.06. The predicted molar refractivity (Wildman–Crippen MR) is 76.8 cm³/mol. The minimum absolute atomic E-state index is 0.246. The first-order valence-electron chi connectivity index (χ1n) is 6.56. The Bertz CT molecular complexity index is 609. The summed E-state index contributed by atoms with van der Waals surface area (Å²) in [5.41, 5.74) is -0.174. The molecule has 0 aliphatic carbocycles. The van der Waals surface area contributed by atoms with Crippen LogP contribution in [0.15, 0.2) is 29.2 Å². The van der Waals surface area contributed by atoms with Crippen molar-refractivity contribution in [1.82, 2.24) is 0 Å². The zero-order valence-corrected chi connectivity index (χ0v) is 12.5. The number of carboxylic acids is 1. The maximum atomic E-state index is 11.5. The fraction of sp³-hybridized carbons (Fsp3) is 0.500. The van der Waals surface area contributed by atoms with Crippen LogP contribution in [-0.2, 0) is 14.6 Å². The fourth-order valence-electron chi connectivity index (χ4n) is 2.63. The smallest absolute Gasteiger partial charge is 0.329 e. The van der Waals surface area contributed by atoms with E-state index in [1.165, 1.54) is 12.1 Å². The van der Waals surface area contributed by atoms with Crippen molar-refractivity contribution in [2.45, 2.75) is 36.6 Å². The minimum atomic E-state index is -3.23. The van der Waals surface area contributed by atoms with Crippen LogP contribution in [0, 0.1) is 0 Å². The predicted octanol–water partition coefficient (Wildman–Crippen LogP) is 1.92. The van der Waals surface area contributed by atoms with Gasteiger partial charge in [0.2, 0.25) is 0 Å². The van der Waals surface area contributed by atoms with E-state index in [-0.39, 0.29) is 4.90 Å². The molecule has 0 amide bonds. The van der Waals surface area contributed by atoms with Crippen molar-refractivity contribution in [3.8, 4) is 0 Å². The molecular weight excluding hydrogens is 278 g/mol. The van der Waals surface area contributed by atoms with Crippen LogP contribution in [0.5, 0.6) is 0 Å². The molecule has 6 heteroatoms. The molecule has 1 atom stereocenters. The van der Waals surface area contributed by atoms with Gasteiger partial charge in [-0.2, -0.15) is 0 Å². The van der Waals surface area contributed by atoms with E-state index in [2.05, 4.69) is 0 Å². The molecule has 1 aliphatic heterocycles. The van der Waals surface area contributed by atoms with Gasteiger partial charge in [0.1, 0.15) is 5.54 Å². The number of carboxylic acid groups (broad SMARTS) is 1. The molecule has 0 spiro atoms. The zero-order chi connectivity index (χ0) is 15.0. The summed E-state index contributed by atoms with van der Waals surface area (Å²) in [5, 5.41) is 9.48. The van der Waals surface area contributed by atoms with Gasteiger partial charge >= 0.3 is 5.97 Å². The van der Waals surface area contributed by atoms with Gasteiger partial charge < -0.3 is 10.0 Å². The van der Waals surface area contributed by atoms with Crippen molar-refractivity contribution in [1.29, 1.82) is 0 Å². The summed E-state index contributed by atoms with van der Waals surface area (Å²) in [4.78, 5) is 13.6. The van der Waals surface area contributed by atoms with Gasteiger partial charge in [-0.1, -0.05) is 0 Å². The maximum Gasteiger partial charge on any atom is 0.329 e. The number of rotatable bonds is 3. The number of piperidine rings is 1. The second kappa shape index (κ2) is 5.09. The molecule has 110 valence electrons. The van der Waals surface area contributed by atoms with Crippen molar-refractivity contribution in [2.24, 2.45) is 0 Å². The molecule has 2 rings (SSSR count). The summed E-state index contributed by atoms with van der Waals surface area (Å²) in [7, 11) is -3.23. The lowest BCUT2D eigenvalue weighted by Crippen LogP contribution is -2.55. The normalized spacial score (nSPS) is 23.6. The van der Waals surface area contributed by atoms with E-state index in [0.717, 1.165) is 24.8 Å². The van der Waals surface area contributed by atoms with Gasteiger partial charge in [-0.25, -0.2) is 13.2 Å². The highest BCUT2D eigenvalue weighted by atomic mass is 32.2. The molecule has 1 heterocycles. The Morgan fingerprint density at radius 2 is 1.85 bits per heavy atom. The van der Waals surface area contributed by atoms with Gasteiger partial charge in [0, 0.05) is 18.5 Å².